The standard InChI is InChI=1S/C16H14N2O3/c1-11-4-6-13(7-5-11)15(19)18-14(16(20)21)9-12-3-2-8-17-10-12/h2-10H,1H3,(H,18,19)(H,20,21)/p-1/b14-9+. The van der Waals surface area contributed by atoms with E-state index in [4.69, 9.17) is 0 Å². The molecular formula is C16H13N2O3-. The summed E-state index contributed by atoms with van der Waals surface area (Å²) >= 11 is 0. The molecule has 1 heterocycles. The topological polar surface area (TPSA) is 82.1 Å². The molecule has 106 valence electrons. The van der Waals surface area contributed by atoms with Crippen LogP contribution in [0, 0.1) is 6.92 Å². The van der Waals surface area contributed by atoms with Crippen LogP contribution in [-0.2, 0) is 4.79 Å². The van der Waals surface area contributed by atoms with Crippen LogP contribution in [0.1, 0.15) is 21.5 Å². The normalized spacial score (nSPS) is 11.0. The lowest BCUT2D eigenvalue weighted by molar-refractivity contribution is -0.299. The molecule has 0 fully saturated rings. The van der Waals surface area contributed by atoms with E-state index in [1.807, 2.05) is 6.92 Å². The predicted molar refractivity (Wildman–Crippen MR) is 75.9 cm³/mol. The number of carbonyl (C=O) groups excluding carboxylic acids is 2. The Labute approximate surface area is 122 Å². The third-order valence-corrected chi connectivity index (χ3v) is 2.78. The summed E-state index contributed by atoms with van der Waals surface area (Å²) < 4.78 is 0. The lowest BCUT2D eigenvalue weighted by Crippen LogP contribution is -2.35. The van der Waals surface area contributed by atoms with Gasteiger partial charge in [-0.25, -0.2) is 0 Å². The number of nitrogens with zero attached hydrogens (tertiary/aromatic N) is 1. The second-order valence-corrected chi connectivity index (χ2v) is 4.45. The van der Waals surface area contributed by atoms with Gasteiger partial charge >= 0.3 is 0 Å². The Morgan fingerprint density at radius 2 is 1.90 bits per heavy atom. The van der Waals surface area contributed by atoms with Crippen molar-refractivity contribution in [1.29, 1.82) is 0 Å². The zero-order chi connectivity index (χ0) is 15.2. The Balaban J connectivity index is 2.21. The first-order valence-corrected chi connectivity index (χ1v) is 6.27. The Bertz CT molecular complexity index is 676. The molecule has 0 spiro atoms. The van der Waals surface area contributed by atoms with Crippen LogP contribution in [0.25, 0.3) is 6.08 Å². The lowest BCUT2D eigenvalue weighted by atomic mass is 10.1. The fourth-order valence-corrected chi connectivity index (χ4v) is 1.67. The highest BCUT2D eigenvalue weighted by Crippen LogP contribution is 2.06. The summed E-state index contributed by atoms with van der Waals surface area (Å²) in [6.07, 6.45) is 4.36. The SMILES string of the molecule is Cc1ccc(C(=O)N/C(=C/c2cccnc2)C(=O)[O-])cc1. The molecule has 0 unspecified atom stereocenters. The Hall–Kier alpha value is -2.95. The molecule has 1 amide bonds. The smallest absolute Gasteiger partial charge is 0.255 e. The highest BCUT2D eigenvalue weighted by atomic mass is 16.4. The van der Waals surface area contributed by atoms with Crippen LogP contribution < -0.4 is 10.4 Å². The maximum absolute atomic E-state index is 12.0. The highest BCUT2D eigenvalue weighted by Gasteiger charge is 2.08. The van der Waals surface area contributed by atoms with E-state index in [1.165, 1.54) is 12.3 Å². The molecule has 0 aliphatic heterocycles. The second-order valence-electron chi connectivity index (χ2n) is 4.45. The van der Waals surface area contributed by atoms with Gasteiger partial charge in [0.1, 0.15) is 0 Å². The lowest BCUT2D eigenvalue weighted by Gasteiger charge is -2.11. The monoisotopic (exact) mass is 281 g/mol. The van der Waals surface area contributed by atoms with E-state index in [0.29, 0.717) is 11.1 Å². The van der Waals surface area contributed by atoms with Crippen molar-refractivity contribution in [3.05, 3.63) is 71.2 Å². The minimum absolute atomic E-state index is 0.312. The van der Waals surface area contributed by atoms with Crippen molar-refractivity contribution in [3.63, 3.8) is 0 Å². The van der Waals surface area contributed by atoms with Crippen LogP contribution >= 0.6 is 0 Å². The largest absolute Gasteiger partial charge is 0.543 e. The van der Waals surface area contributed by atoms with E-state index in [2.05, 4.69) is 10.3 Å². The third-order valence-electron chi connectivity index (χ3n) is 2.78. The first-order chi connectivity index (χ1) is 10.1. The summed E-state index contributed by atoms with van der Waals surface area (Å²) in [5, 5.41) is 13.4. The zero-order valence-electron chi connectivity index (χ0n) is 11.4. The summed E-state index contributed by atoms with van der Waals surface area (Å²) in [6.45, 7) is 1.90. The molecule has 0 saturated heterocycles. The van der Waals surface area contributed by atoms with Crippen LogP contribution in [0.15, 0.2) is 54.5 Å². The molecule has 21 heavy (non-hydrogen) atoms. The summed E-state index contributed by atoms with van der Waals surface area (Å²) in [4.78, 5) is 27.0. The van der Waals surface area contributed by atoms with Gasteiger partial charge in [0, 0.05) is 18.0 Å². The van der Waals surface area contributed by atoms with Gasteiger partial charge in [0.15, 0.2) is 0 Å². The van der Waals surface area contributed by atoms with Crippen molar-refractivity contribution < 1.29 is 14.7 Å². The van der Waals surface area contributed by atoms with Crippen molar-refractivity contribution in [3.8, 4) is 0 Å². The Kier molecular flexibility index (Phi) is 4.46. The molecule has 1 N–H and O–H groups in total. The van der Waals surface area contributed by atoms with Crippen molar-refractivity contribution in [2.75, 3.05) is 0 Å². The average molecular weight is 281 g/mol. The van der Waals surface area contributed by atoms with Crippen molar-refractivity contribution in [1.82, 2.24) is 10.3 Å². The third kappa shape index (κ3) is 4.01. The summed E-state index contributed by atoms with van der Waals surface area (Å²) in [6, 6.07) is 10.1. The van der Waals surface area contributed by atoms with E-state index in [-0.39, 0.29) is 5.70 Å². The summed E-state index contributed by atoms with van der Waals surface area (Å²) in [5.74, 6) is -1.96. The number of hydrogen-bond donors (Lipinski definition) is 1. The molecule has 0 saturated carbocycles. The fraction of sp³-hybridized carbons (Fsp3) is 0.0625. The maximum Gasteiger partial charge on any atom is 0.255 e. The molecule has 2 rings (SSSR count). The molecule has 0 bridgehead atoms. The number of nitrogens with one attached hydrogen (secondary N) is 1. The van der Waals surface area contributed by atoms with Gasteiger partial charge in [0.25, 0.3) is 5.91 Å². The number of aliphatic carboxylic acids is 1. The number of carboxylic acids is 1. The van der Waals surface area contributed by atoms with Crippen LogP contribution in [0.3, 0.4) is 0 Å². The van der Waals surface area contributed by atoms with Crippen molar-refractivity contribution >= 4 is 18.0 Å². The predicted octanol–water partition coefficient (Wildman–Crippen LogP) is 0.911. The van der Waals surface area contributed by atoms with E-state index >= 15 is 0 Å². The van der Waals surface area contributed by atoms with Gasteiger partial charge in [0.05, 0.1) is 11.7 Å². The molecule has 0 aliphatic carbocycles. The van der Waals surface area contributed by atoms with E-state index < -0.39 is 11.9 Å². The number of carboxylic acid groups (broad SMARTS) is 1. The van der Waals surface area contributed by atoms with Gasteiger partial charge in [-0.3, -0.25) is 9.78 Å². The Morgan fingerprint density at radius 1 is 1.19 bits per heavy atom. The van der Waals surface area contributed by atoms with Crippen molar-refractivity contribution in [2.24, 2.45) is 0 Å². The minimum atomic E-state index is -1.46. The maximum atomic E-state index is 12.0. The molecule has 2 aromatic rings. The number of benzene rings is 1. The zero-order valence-corrected chi connectivity index (χ0v) is 11.4. The Morgan fingerprint density at radius 3 is 2.48 bits per heavy atom. The van der Waals surface area contributed by atoms with Gasteiger partial charge in [-0.2, -0.15) is 0 Å². The first kappa shape index (κ1) is 14.5. The quantitative estimate of drug-likeness (QED) is 0.844. The second kappa shape index (κ2) is 6.47. The molecule has 0 atom stereocenters. The van der Waals surface area contributed by atoms with Crippen LogP contribution in [0.4, 0.5) is 0 Å². The molecule has 1 aromatic heterocycles. The number of amides is 1. The van der Waals surface area contributed by atoms with Gasteiger partial charge in [-0.05, 0) is 36.8 Å². The van der Waals surface area contributed by atoms with Gasteiger partial charge in [-0.15, -0.1) is 0 Å². The minimum Gasteiger partial charge on any atom is -0.543 e. The van der Waals surface area contributed by atoms with Gasteiger partial charge < -0.3 is 15.2 Å². The number of hydrogen-bond acceptors (Lipinski definition) is 4. The molecule has 5 nitrogen and oxygen atoms in total. The van der Waals surface area contributed by atoms with Crippen LogP contribution in [0.2, 0.25) is 0 Å². The highest BCUT2D eigenvalue weighted by molar-refractivity contribution is 6.02. The van der Waals surface area contributed by atoms with E-state index in [9.17, 15) is 14.7 Å². The molecule has 1 aromatic carbocycles. The first-order valence-electron chi connectivity index (χ1n) is 6.27. The van der Waals surface area contributed by atoms with Crippen molar-refractivity contribution in [2.45, 2.75) is 6.92 Å². The van der Waals surface area contributed by atoms with E-state index in [0.717, 1.165) is 5.56 Å². The van der Waals surface area contributed by atoms with E-state index in [1.54, 1.807) is 42.6 Å². The molecule has 5 heteroatoms. The molecule has 0 radical (unpaired) electrons. The summed E-state index contributed by atoms with van der Waals surface area (Å²) in [5.41, 5.74) is 1.63. The number of aryl methyl sites for hydroxylation is 1. The number of rotatable bonds is 4. The van der Waals surface area contributed by atoms with Gasteiger partial charge in [0.2, 0.25) is 0 Å². The van der Waals surface area contributed by atoms with Crippen LogP contribution in [0.5, 0.6) is 0 Å². The number of pyridine rings is 1. The number of aromatic nitrogens is 1. The average Bonchev–Trinajstić information content (AvgIpc) is 2.48. The molecule has 0 aliphatic rings. The summed E-state index contributed by atoms with van der Waals surface area (Å²) in [7, 11) is 0. The van der Waals surface area contributed by atoms with Gasteiger partial charge in [-0.1, -0.05) is 23.8 Å². The fourth-order valence-electron chi connectivity index (χ4n) is 1.67. The molecular weight excluding hydrogens is 268 g/mol. The van der Waals surface area contributed by atoms with Crippen LogP contribution in [-0.4, -0.2) is 16.9 Å². The number of carbonyl (C=O) groups is 2.